The van der Waals surface area contributed by atoms with Gasteiger partial charge >= 0.3 is 5.97 Å². The number of aliphatic hydroxyl groups is 1. The fourth-order valence-electron chi connectivity index (χ4n) is 3.04. The van der Waals surface area contributed by atoms with Crippen molar-refractivity contribution in [2.75, 3.05) is 0 Å². The zero-order valence-electron chi connectivity index (χ0n) is 14.7. The van der Waals surface area contributed by atoms with Gasteiger partial charge in [-0.05, 0) is 35.2 Å². The minimum atomic E-state index is -0.933. The van der Waals surface area contributed by atoms with Crippen molar-refractivity contribution in [1.29, 1.82) is 0 Å². The van der Waals surface area contributed by atoms with E-state index in [-0.39, 0.29) is 6.61 Å². The Kier molecular flexibility index (Phi) is 5.49. The number of aromatic carboxylic acids is 1. The molecule has 0 fully saturated rings. The summed E-state index contributed by atoms with van der Waals surface area (Å²) in [5, 5.41) is 23.4. The minimum Gasteiger partial charge on any atom is -0.478 e. The molecule has 1 heterocycles. The second-order valence-electron chi connectivity index (χ2n) is 6.24. The van der Waals surface area contributed by atoms with Crippen molar-refractivity contribution in [2.24, 2.45) is 0 Å². The molecule has 0 aliphatic rings. The van der Waals surface area contributed by atoms with Crippen LogP contribution in [0.2, 0.25) is 0 Å². The summed E-state index contributed by atoms with van der Waals surface area (Å²) in [6.45, 7) is 2.63. The monoisotopic (exact) mass is 350 g/mol. The number of rotatable bonds is 7. The van der Waals surface area contributed by atoms with Gasteiger partial charge in [-0.2, -0.15) is 5.10 Å². The molecule has 0 aliphatic carbocycles. The smallest absolute Gasteiger partial charge is 0.336 e. The normalized spacial score (nSPS) is 10.8. The van der Waals surface area contributed by atoms with Crippen LogP contribution in [0, 0.1) is 0 Å². The van der Waals surface area contributed by atoms with Gasteiger partial charge in [0.2, 0.25) is 0 Å². The van der Waals surface area contributed by atoms with Crippen LogP contribution in [0.25, 0.3) is 11.1 Å². The van der Waals surface area contributed by atoms with E-state index in [4.69, 9.17) is 0 Å². The van der Waals surface area contributed by atoms with Gasteiger partial charge in [0.05, 0.1) is 30.1 Å². The highest BCUT2D eigenvalue weighted by molar-refractivity contribution is 5.95. The molecule has 3 aromatic rings. The molecule has 0 aliphatic heterocycles. The predicted octanol–water partition coefficient (Wildman–Crippen LogP) is 3.74. The first-order chi connectivity index (χ1) is 12.6. The van der Waals surface area contributed by atoms with Crippen LogP contribution in [-0.2, 0) is 19.6 Å². The number of hydrogen-bond donors (Lipinski definition) is 2. The molecular weight excluding hydrogens is 328 g/mol. The molecule has 0 radical (unpaired) electrons. The van der Waals surface area contributed by atoms with Gasteiger partial charge in [0.25, 0.3) is 0 Å². The number of carboxylic acids is 1. The molecule has 5 nitrogen and oxygen atoms in total. The van der Waals surface area contributed by atoms with Crippen molar-refractivity contribution in [3.05, 3.63) is 77.1 Å². The topological polar surface area (TPSA) is 75.4 Å². The van der Waals surface area contributed by atoms with Crippen LogP contribution in [0.4, 0.5) is 0 Å². The number of aromatic nitrogens is 2. The Balaban J connectivity index is 1.84. The van der Waals surface area contributed by atoms with Crippen LogP contribution in [0.5, 0.6) is 0 Å². The average Bonchev–Trinajstić information content (AvgIpc) is 3.04. The highest BCUT2D eigenvalue weighted by atomic mass is 16.4. The van der Waals surface area contributed by atoms with Gasteiger partial charge in [0.15, 0.2) is 0 Å². The molecule has 0 saturated heterocycles. The Hall–Kier alpha value is -2.92. The fourth-order valence-corrected chi connectivity index (χ4v) is 3.04. The number of carboxylic acid groups (broad SMARTS) is 1. The van der Waals surface area contributed by atoms with Crippen molar-refractivity contribution >= 4 is 5.97 Å². The molecule has 26 heavy (non-hydrogen) atoms. The number of aliphatic hydroxyl groups excluding tert-OH is 1. The van der Waals surface area contributed by atoms with Crippen molar-refractivity contribution in [3.63, 3.8) is 0 Å². The zero-order chi connectivity index (χ0) is 18.5. The van der Waals surface area contributed by atoms with E-state index in [9.17, 15) is 15.0 Å². The summed E-state index contributed by atoms with van der Waals surface area (Å²) < 4.78 is 1.82. The van der Waals surface area contributed by atoms with Crippen molar-refractivity contribution in [2.45, 2.75) is 32.9 Å². The van der Waals surface area contributed by atoms with Gasteiger partial charge in [-0.1, -0.05) is 55.8 Å². The van der Waals surface area contributed by atoms with Crippen LogP contribution < -0.4 is 0 Å². The zero-order valence-corrected chi connectivity index (χ0v) is 14.7. The number of nitrogens with zero attached hydrogens (tertiary/aromatic N) is 2. The molecule has 0 atom stereocenters. The van der Waals surface area contributed by atoms with Crippen LogP contribution in [0.15, 0.2) is 54.6 Å². The second kappa shape index (κ2) is 7.97. The highest BCUT2D eigenvalue weighted by Crippen LogP contribution is 2.24. The Labute approximate surface area is 152 Å². The molecule has 0 bridgehead atoms. The van der Waals surface area contributed by atoms with E-state index in [0.717, 1.165) is 35.4 Å². The standard InChI is InChI=1S/C21H22N2O3/c1-2-5-17-12-18(14-24)23(22-17)13-15-8-10-16(11-9-15)19-6-3-4-7-20(19)21(25)26/h3-4,6-12,24H,2,5,13-14H2,1H3,(H,25,26). The summed E-state index contributed by atoms with van der Waals surface area (Å²) >= 11 is 0. The lowest BCUT2D eigenvalue weighted by molar-refractivity contribution is 0.0697. The third kappa shape index (κ3) is 3.83. The van der Waals surface area contributed by atoms with Gasteiger partial charge in [-0.15, -0.1) is 0 Å². The Morgan fingerprint density at radius 3 is 2.50 bits per heavy atom. The molecule has 0 amide bonds. The van der Waals surface area contributed by atoms with Crippen molar-refractivity contribution in [1.82, 2.24) is 9.78 Å². The summed E-state index contributed by atoms with van der Waals surface area (Å²) in [5.74, 6) is -0.933. The summed E-state index contributed by atoms with van der Waals surface area (Å²) in [4.78, 5) is 11.4. The lowest BCUT2D eigenvalue weighted by atomic mass is 9.99. The van der Waals surface area contributed by atoms with E-state index < -0.39 is 5.97 Å². The van der Waals surface area contributed by atoms with Gasteiger partial charge in [-0.3, -0.25) is 4.68 Å². The van der Waals surface area contributed by atoms with Crippen LogP contribution in [0.3, 0.4) is 0 Å². The fraction of sp³-hybridized carbons (Fsp3) is 0.238. The van der Waals surface area contributed by atoms with Crippen LogP contribution >= 0.6 is 0 Å². The Bertz CT molecular complexity index is 898. The maximum absolute atomic E-state index is 11.4. The average molecular weight is 350 g/mol. The van der Waals surface area contributed by atoms with Crippen molar-refractivity contribution < 1.29 is 15.0 Å². The third-order valence-corrected chi connectivity index (χ3v) is 4.34. The summed E-state index contributed by atoms with van der Waals surface area (Å²) in [7, 11) is 0. The van der Waals surface area contributed by atoms with Gasteiger partial charge in [-0.25, -0.2) is 4.79 Å². The van der Waals surface area contributed by atoms with E-state index >= 15 is 0 Å². The molecule has 2 aromatic carbocycles. The van der Waals surface area contributed by atoms with E-state index in [1.54, 1.807) is 12.1 Å². The predicted molar refractivity (Wildman–Crippen MR) is 100 cm³/mol. The summed E-state index contributed by atoms with van der Waals surface area (Å²) in [6.07, 6.45) is 1.91. The number of hydrogen-bond acceptors (Lipinski definition) is 3. The molecule has 0 saturated carbocycles. The molecule has 1 aromatic heterocycles. The molecule has 2 N–H and O–H groups in total. The number of benzene rings is 2. The number of aryl methyl sites for hydroxylation is 1. The first-order valence-electron chi connectivity index (χ1n) is 8.70. The van der Waals surface area contributed by atoms with Gasteiger partial charge in [0.1, 0.15) is 0 Å². The maximum Gasteiger partial charge on any atom is 0.336 e. The quantitative estimate of drug-likeness (QED) is 0.681. The maximum atomic E-state index is 11.4. The first kappa shape index (κ1) is 17.9. The third-order valence-electron chi connectivity index (χ3n) is 4.34. The van der Waals surface area contributed by atoms with Gasteiger partial charge < -0.3 is 10.2 Å². The Morgan fingerprint density at radius 2 is 1.85 bits per heavy atom. The van der Waals surface area contributed by atoms with E-state index in [2.05, 4.69) is 12.0 Å². The molecule has 5 heteroatoms. The molecule has 0 unspecified atom stereocenters. The van der Waals surface area contributed by atoms with E-state index in [1.165, 1.54) is 0 Å². The lowest BCUT2D eigenvalue weighted by Gasteiger charge is -2.09. The molecule has 134 valence electrons. The highest BCUT2D eigenvalue weighted by Gasteiger charge is 2.11. The van der Waals surface area contributed by atoms with E-state index in [1.807, 2.05) is 47.1 Å². The molecular formula is C21H22N2O3. The Morgan fingerprint density at radius 1 is 1.12 bits per heavy atom. The van der Waals surface area contributed by atoms with E-state index in [0.29, 0.717) is 17.7 Å². The largest absolute Gasteiger partial charge is 0.478 e. The molecule has 0 spiro atoms. The second-order valence-corrected chi connectivity index (χ2v) is 6.24. The van der Waals surface area contributed by atoms with Crippen LogP contribution in [0.1, 0.15) is 40.7 Å². The lowest BCUT2D eigenvalue weighted by Crippen LogP contribution is -2.06. The summed E-state index contributed by atoms with van der Waals surface area (Å²) in [6, 6.07) is 16.7. The van der Waals surface area contributed by atoms with Crippen molar-refractivity contribution in [3.8, 4) is 11.1 Å². The number of carbonyl (C=O) groups is 1. The minimum absolute atomic E-state index is 0.0409. The first-order valence-corrected chi connectivity index (χ1v) is 8.70. The molecule has 3 rings (SSSR count). The summed E-state index contributed by atoms with van der Waals surface area (Å²) in [5.41, 5.74) is 4.69. The van der Waals surface area contributed by atoms with Gasteiger partial charge in [0, 0.05) is 0 Å². The SMILES string of the molecule is CCCc1cc(CO)n(Cc2ccc(-c3ccccc3C(=O)O)cc2)n1. The van der Waals surface area contributed by atoms with Crippen LogP contribution in [-0.4, -0.2) is 26.0 Å².